The molecule has 0 amide bonds. The van der Waals surface area contributed by atoms with Crippen molar-refractivity contribution in [3.63, 3.8) is 0 Å². The number of aromatic amines is 2. The summed E-state index contributed by atoms with van der Waals surface area (Å²) in [4.78, 5) is 15.7. The Labute approximate surface area is 264 Å². The molecule has 6 N–H and O–H groups in total. The van der Waals surface area contributed by atoms with E-state index < -0.39 is 5.82 Å². The molecule has 0 bridgehead atoms. The number of H-pyrrole nitrogens is 2. The summed E-state index contributed by atoms with van der Waals surface area (Å²) >= 11 is 0. The number of nitrogens with zero attached hydrogens (tertiary/aromatic N) is 3. The van der Waals surface area contributed by atoms with E-state index in [1.165, 1.54) is 12.1 Å². The van der Waals surface area contributed by atoms with Gasteiger partial charge in [-0.1, -0.05) is 0 Å². The van der Waals surface area contributed by atoms with Crippen molar-refractivity contribution >= 4 is 33.7 Å². The van der Waals surface area contributed by atoms with Crippen LogP contribution >= 0.6 is 0 Å². The summed E-state index contributed by atoms with van der Waals surface area (Å²) in [5.74, 6) is 1.24. The molecule has 6 aromatic rings. The first kappa shape index (κ1) is 30.0. The van der Waals surface area contributed by atoms with Crippen LogP contribution in [0.15, 0.2) is 72.8 Å². The predicted molar refractivity (Wildman–Crippen MR) is 178 cm³/mol. The van der Waals surface area contributed by atoms with Crippen molar-refractivity contribution in [2.75, 3.05) is 0 Å². The molecule has 0 unspecified atom stereocenters. The van der Waals surface area contributed by atoms with E-state index in [-0.39, 0.29) is 29.1 Å². The number of imidazole rings is 2. The van der Waals surface area contributed by atoms with E-state index in [9.17, 15) is 5.26 Å². The van der Waals surface area contributed by atoms with Crippen molar-refractivity contribution < 1.29 is 9.13 Å². The van der Waals surface area contributed by atoms with Gasteiger partial charge in [-0.2, -0.15) is 5.26 Å². The fraction of sp³-hybridized carbons (Fsp3) is 0.171. The minimum atomic E-state index is -0.611. The van der Waals surface area contributed by atoms with Gasteiger partial charge in [-0.05, 0) is 100 Å². The third-order valence-corrected chi connectivity index (χ3v) is 7.21. The van der Waals surface area contributed by atoms with Crippen LogP contribution in [0.1, 0.15) is 44.4 Å². The lowest BCUT2D eigenvalue weighted by molar-refractivity contribution is 0.441. The quantitative estimate of drug-likeness (QED) is 0.0784. The Morgan fingerprint density at radius 3 is 1.72 bits per heavy atom. The van der Waals surface area contributed by atoms with Crippen LogP contribution in [-0.2, 0) is 0 Å². The first-order chi connectivity index (χ1) is 22.1. The third-order valence-electron chi connectivity index (χ3n) is 7.21. The molecule has 4 aromatic carbocycles. The summed E-state index contributed by atoms with van der Waals surface area (Å²) in [6.45, 7) is 7.89. The molecule has 0 spiro atoms. The van der Waals surface area contributed by atoms with E-state index in [2.05, 4.69) is 36.6 Å². The Hall–Kier alpha value is -6.02. The summed E-state index contributed by atoms with van der Waals surface area (Å²) in [6, 6.07) is 23.0. The first-order valence-electron chi connectivity index (χ1n) is 14.8. The van der Waals surface area contributed by atoms with Crippen LogP contribution in [0.5, 0.6) is 11.5 Å². The van der Waals surface area contributed by atoms with Crippen molar-refractivity contribution in [3.8, 4) is 40.3 Å². The number of hydrogen-bond donors (Lipinski definition) is 6. The number of fused-ring (bicyclic) bond motifs is 2. The normalized spacial score (nSPS) is 11.3. The number of ether oxygens (including phenoxy) is 1. The lowest BCUT2D eigenvalue weighted by atomic mass is 10.1. The Morgan fingerprint density at radius 1 is 0.739 bits per heavy atom. The van der Waals surface area contributed by atoms with Crippen molar-refractivity contribution in [2.24, 2.45) is 0 Å². The average molecular weight is 614 g/mol. The molecule has 46 heavy (non-hydrogen) atoms. The maximum atomic E-state index is 15.3. The molecule has 6 rings (SSSR count). The van der Waals surface area contributed by atoms with Gasteiger partial charge in [0.1, 0.15) is 35.1 Å². The molecule has 0 aliphatic carbocycles. The van der Waals surface area contributed by atoms with E-state index >= 15 is 4.39 Å². The van der Waals surface area contributed by atoms with Crippen molar-refractivity contribution in [3.05, 3.63) is 95.3 Å². The standard InChI is InChI=1S/C35H32FN9O/c1-18(2)40-32(38)20-5-9-26-28(15-20)44-34(42-26)22-7-11-30(24(13-22)17-37)46-31-12-8-23(14-25(31)36)35-43-27-10-6-21(16-29(27)45-35)33(39)41-19(3)4/h5-16,18-19H,1-4H3,(H2,38,40)(H2,39,41)(H,42,44)(H,43,45). The Morgan fingerprint density at radius 2 is 1.24 bits per heavy atom. The predicted octanol–water partition coefficient (Wildman–Crippen LogP) is 7.22. The number of rotatable bonds is 8. The SMILES string of the molecule is CC(C)NC(=N)c1ccc2nc(-c3ccc(Oc4ccc(-c5nc6ccc(C(=N)NC(C)C)cc6[nH]5)cc4C#N)c(F)c3)[nH]c2c1. The number of aromatic nitrogens is 4. The number of benzene rings is 4. The number of amidine groups is 2. The summed E-state index contributed by atoms with van der Waals surface area (Å²) < 4.78 is 21.2. The van der Waals surface area contributed by atoms with Gasteiger partial charge in [0, 0.05) is 34.3 Å². The van der Waals surface area contributed by atoms with Crippen LogP contribution in [0, 0.1) is 28.0 Å². The van der Waals surface area contributed by atoms with Gasteiger partial charge in [0.05, 0.1) is 27.6 Å². The molecule has 0 saturated heterocycles. The highest BCUT2D eigenvalue weighted by Crippen LogP contribution is 2.33. The molecule has 10 nitrogen and oxygen atoms in total. The smallest absolute Gasteiger partial charge is 0.166 e. The molecular formula is C35H32FN9O. The van der Waals surface area contributed by atoms with Gasteiger partial charge in [-0.25, -0.2) is 14.4 Å². The molecule has 0 atom stereocenters. The summed E-state index contributed by atoms with van der Waals surface area (Å²) in [5, 5.41) is 32.6. The van der Waals surface area contributed by atoms with Crippen LogP contribution < -0.4 is 15.4 Å². The topological polar surface area (TPSA) is 162 Å². The highest BCUT2D eigenvalue weighted by atomic mass is 19.1. The maximum Gasteiger partial charge on any atom is 0.166 e. The molecule has 0 saturated carbocycles. The van der Waals surface area contributed by atoms with Gasteiger partial charge in [0.2, 0.25) is 0 Å². The minimum Gasteiger partial charge on any atom is -0.453 e. The lowest BCUT2D eigenvalue weighted by Gasteiger charge is -2.10. The van der Waals surface area contributed by atoms with Crippen molar-refractivity contribution in [1.29, 1.82) is 16.1 Å². The second kappa shape index (κ2) is 12.2. The lowest BCUT2D eigenvalue weighted by Crippen LogP contribution is -2.30. The second-order valence-electron chi connectivity index (χ2n) is 11.6. The average Bonchev–Trinajstić information content (AvgIpc) is 3.65. The summed E-state index contributed by atoms with van der Waals surface area (Å²) in [7, 11) is 0. The summed E-state index contributed by atoms with van der Waals surface area (Å²) in [6.07, 6.45) is 0. The van der Waals surface area contributed by atoms with Crippen molar-refractivity contribution in [1.82, 2.24) is 30.6 Å². The van der Waals surface area contributed by atoms with Crippen molar-refractivity contribution in [2.45, 2.75) is 39.8 Å². The van der Waals surface area contributed by atoms with Crippen LogP contribution in [0.25, 0.3) is 44.8 Å². The fourth-order valence-corrected chi connectivity index (χ4v) is 5.05. The molecule has 0 aliphatic heterocycles. The molecule has 11 heteroatoms. The van der Waals surface area contributed by atoms with Gasteiger partial charge < -0.3 is 25.3 Å². The van der Waals surface area contributed by atoms with Crippen LogP contribution in [0.3, 0.4) is 0 Å². The minimum absolute atomic E-state index is 0.0340. The van der Waals surface area contributed by atoms with Crippen LogP contribution in [0.4, 0.5) is 4.39 Å². The highest BCUT2D eigenvalue weighted by Gasteiger charge is 2.16. The molecule has 0 fully saturated rings. The fourth-order valence-electron chi connectivity index (χ4n) is 5.05. The van der Waals surface area contributed by atoms with Gasteiger partial charge in [0.25, 0.3) is 0 Å². The molecule has 0 radical (unpaired) electrons. The molecule has 0 aliphatic rings. The van der Waals surface area contributed by atoms with E-state index in [0.717, 1.165) is 27.7 Å². The number of hydrogen-bond acceptors (Lipinski definition) is 6. The zero-order valence-electron chi connectivity index (χ0n) is 25.7. The first-order valence-corrected chi connectivity index (χ1v) is 14.8. The second-order valence-corrected chi connectivity index (χ2v) is 11.6. The Bertz CT molecular complexity index is 2170. The van der Waals surface area contributed by atoms with E-state index in [1.54, 1.807) is 24.3 Å². The van der Waals surface area contributed by atoms with Gasteiger partial charge in [-0.15, -0.1) is 0 Å². The third kappa shape index (κ3) is 6.14. The zero-order valence-corrected chi connectivity index (χ0v) is 25.7. The van der Waals surface area contributed by atoms with Crippen LogP contribution in [0.2, 0.25) is 0 Å². The van der Waals surface area contributed by atoms with E-state index in [0.29, 0.717) is 40.0 Å². The highest BCUT2D eigenvalue weighted by molar-refractivity contribution is 6.00. The summed E-state index contributed by atoms with van der Waals surface area (Å²) in [5.41, 5.74) is 5.77. The molecule has 2 heterocycles. The monoisotopic (exact) mass is 613 g/mol. The Balaban J connectivity index is 1.22. The maximum absolute atomic E-state index is 15.3. The molecule has 2 aromatic heterocycles. The van der Waals surface area contributed by atoms with Gasteiger partial charge in [0.15, 0.2) is 11.6 Å². The largest absolute Gasteiger partial charge is 0.453 e. The zero-order chi connectivity index (χ0) is 32.5. The van der Waals surface area contributed by atoms with E-state index in [1.807, 2.05) is 64.1 Å². The van der Waals surface area contributed by atoms with Crippen LogP contribution in [-0.4, -0.2) is 43.7 Å². The number of nitrogens with one attached hydrogen (secondary N) is 6. The Kier molecular flexibility index (Phi) is 7.94. The van der Waals surface area contributed by atoms with E-state index in [4.69, 9.17) is 15.6 Å². The number of halogens is 1. The number of nitriles is 1. The van der Waals surface area contributed by atoms with Gasteiger partial charge in [-0.3, -0.25) is 10.8 Å². The molecule has 230 valence electrons. The molecular weight excluding hydrogens is 581 g/mol. The van der Waals surface area contributed by atoms with Gasteiger partial charge >= 0.3 is 0 Å².